The zero-order valence-corrected chi connectivity index (χ0v) is 11.3. The summed E-state index contributed by atoms with van der Waals surface area (Å²) >= 11 is 2.07. The fraction of sp³-hybridized carbons (Fsp3) is 1.00. The van der Waals surface area contributed by atoms with Crippen molar-refractivity contribution in [1.82, 2.24) is 0 Å². The van der Waals surface area contributed by atoms with Crippen molar-refractivity contribution in [1.29, 1.82) is 0 Å². The van der Waals surface area contributed by atoms with E-state index in [1.54, 1.807) is 0 Å². The number of hydrogen-bond acceptors (Lipinski definition) is 1. The van der Waals surface area contributed by atoms with Gasteiger partial charge in [-0.1, -0.05) is 34.1 Å². The Labute approximate surface area is 94.2 Å². The molecule has 1 aliphatic rings. The molecule has 0 heterocycles. The quantitative estimate of drug-likeness (QED) is 0.654. The van der Waals surface area contributed by atoms with Gasteiger partial charge in [-0.25, -0.2) is 0 Å². The SMILES string of the molecule is CCC1(C(C)C)CCC(C)(SC)CC1. The van der Waals surface area contributed by atoms with Gasteiger partial charge in [-0.2, -0.15) is 11.8 Å². The monoisotopic (exact) mass is 214 g/mol. The Balaban J connectivity index is 2.64. The summed E-state index contributed by atoms with van der Waals surface area (Å²) in [5.74, 6) is 0.860. The average Bonchev–Trinajstić information content (AvgIpc) is 2.19. The van der Waals surface area contributed by atoms with E-state index in [-0.39, 0.29) is 0 Å². The Morgan fingerprint density at radius 1 is 1.14 bits per heavy atom. The van der Waals surface area contributed by atoms with Crippen LogP contribution in [0.3, 0.4) is 0 Å². The van der Waals surface area contributed by atoms with E-state index in [4.69, 9.17) is 0 Å². The van der Waals surface area contributed by atoms with Crippen LogP contribution in [0.25, 0.3) is 0 Å². The van der Waals surface area contributed by atoms with Crippen molar-refractivity contribution in [2.45, 2.75) is 64.5 Å². The van der Waals surface area contributed by atoms with Crippen LogP contribution in [-0.4, -0.2) is 11.0 Å². The summed E-state index contributed by atoms with van der Waals surface area (Å²) < 4.78 is 0.577. The number of rotatable bonds is 3. The van der Waals surface area contributed by atoms with Crippen molar-refractivity contribution < 1.29 is 0 Å². The molecule has 0 aromatic heterocycles. The van der Waals surface area contributed by atoms with Crippen LogP contribution >= 0.6 is 11.8 Å². The minimum atomic E-state index is 0.577. The van der Waals surface area contributed by atoms with Crippen LogP contribution < -0.4 is 0 Å². The Hall–Kier alpha value is 0.350. The van der Waals surface area contributed by atoms with E-state index < -0.39 is 0 Å². The highest BCUT2D eigenvalue weighted by Crippen LogP contribution is 2.51. The van der Waals surface area contributed by atoms with Gasteiger partial charge >= 0.3 is 0 Å². The molecule has 0 amide bonds. The summed E-state index contributed by atoms with van der Waals surface area (Å²) in [4.78, 5) is 0. The summed E-state index contributed by atoms with van der Waals surface area (Å²) in [7, 11) is 0. The van der Waals surface area contributed by atoms with Gasteiger partial charge in [0.05, 0.1) is 0 Å². The molecular formula is C13H26S. The minimum Gasteiger partial charge on any atom is -0.159 e. The smallest absolute Gasteiger partial charge is 0.0129 e. The maximum absolute atomic E-state index is 2.44. The fourth-order valence-corrected chi connectivity index (χ4v) is 3.43. The normalized spacial score (nSPS) is 39.0. The van der Waals surface area contributed by atoms with Crippen molar-refractivity contribution in [3.05, 3.63) is 0 Å². The lowest BCUT2D eigenvalue weighted by Crippen LogP contribution is -2.37. The van der Waals surface area contributed by atoms with Crippen molar-refractivity contribution in [3.63, 3.8) is 0 Å². The van der Waals surface area contributed by atoms with E-state index in [1.807, 2.05) is 0 Å². The molecular weight excluding hydrogens is 188 g/mol. The fourth-order valence-electron chi connectivity index (χ4n) is 2.82. The maximum Gasteiger partial charge on any atom is 0.0129 e. The van der Waals surface area contributed by atoms with Crippen LogP contribution in [0.2, 0.25) is 0 Å². The zero-order valence-electron chi connectivity index (χ0n) is 10.5. The van der Waals surface area contributed by atoms with Crippen molar-refractivity contribution in [2.75, 3.05) is 6.26 Å². The van der Waals surface area contributed by atoms with Crippen LogP contribution in [-0.2, 0) is 0 Å². The van der Waals surface area contributed by atoms with Gasteiger partial charge in [0.2, 0.25) is 0 Å². The van der Waals surface area contributed by atoms with Crippen molar-refractivity contribution in [3.8, 4) is 0 Å². The van der Waals surface area contributed by atoms with Gasteiger partial charge in [0, 0.05) is 4.75 Å². The second kappa shape index (κ2) is 4.47. The summed E-state index contributed by atoms with van der Waals surface area (Å²) in [5, 5.41) is 0. The van der Waals surface area contributed by atoms with E-state index in [2.05, 4.69) is 45.7 Å². The molecule has 0 aromatic carbocycles. The molecule has 1 aliphatic carbocycles. The highest BCUT2D eigenvalue weighted by atomic mass is 32.2. The summed E-state index contributed by atoms with van der Waals surface area (Å²) in [6, 6.07) is 0. The first-order chi connectivity index (χ1) is 6.48. The summed E-state index contributed by atoms with van der Waals surface area (Å²) in [6.07, 6.45) is 9.36. The van der Waals surface area contributed by atoms with Crippen LogP contribution in [0, 0.1) is 11.3 Å². The molecule has 0 atom stereocenters. The third-order valence-corrected chi connectivity index (χ3v) is 6.12. The van der Waals surface area contributed by atoms with Gasteiger partial charge in [0.1, 0.15) is 0 Å². The Bertz CT molecular complexity index is 176. The molecule has 0 aliphatic heterocycles. The molecule has 0 unspecified atom stereocenters. The van der Waals surface area contributed by atoms with Gasteiger partial charge in [-0.15, -0.1) is 0 Å². The second-order valence-corrected chi connectivity index (χ2v) is 6.92. The number of thioether (sulfide) groups is 1. The molecule has 0 saturated heterocycles. The molecule has 0 radical (unpaired) electrons. The lowest BCUT2D eigenvalue weighted by atomic mass is 9.63. The summed E-state index contributed by atoms with van der Waals surface area (Å²) in [6.45, 7) is 9.63. The van der Waals surface area contributed by atoms with Gasteiger partial charge < -0.3 is 0 Å². The lowest BCUT2D eigenvalue weighted by Gasteiger charge is -2.46. The molecule has 1 heteroatoms. The first-order valence-corrected chi connectivity index (χ1v) is 7.26. The third kappa shape index (κ3) is 2.29. The second-order valence-electron chi connectivity index (χ2n) is 5.52. The molecule has 14 heavy (non-hydrogen) atoms. The topological polar surface area (TPSA) is 0 Å². The molecule has 0 spiro atoms. The lowest BCUT2D eigenvalue weighted by molar-refractivity contribution is 0.0989. The Kier molecular flexibility index (Phi) is 3.96. The van der Waals surface area contributed by atoms with Crippen LogP contribution in [0.15, 0.2) is 0 Å². The molecule has 1 rings (SSSR count). The van der Waals surface area contributed by atoms with Gasteiger partial charge in [0.15, 0.2) is 0 Å². The van der Waals surface area contributed by atoms with Gasteiger partial charge in [-0.05, 0) is 43.3 Å². The van der Waals surface area contributed by atoms with Gasteiger partial charge in [0.25, 0.3) is 0 Å². The predicted molar refractivity (Wildman–Crippen MR) is 68.0 cm³/mol. The summed E-state index contributed by atoms with van der Waals surface area (Å²) in [5.41, 5.74) is 0.662. The molecule has 0 aromatic rings. The average molecular weight is 214 g/mol. The van der Waals surface area contributed by atoms with E-state index in [0.29, 0.717) is 10.2 Å². The molecule has 1 saturated carbocycles. The molecule has 0 nitrogen and oxygen atoms in total. The largest absolute Gasteiger partial charge is 0.159 e. The molecule has 1 fully saturated rings. The van der Waals surface area contributed by atoms with E-state index in [9.17, 15) is 0 Å². The van der Waals surface area contributed by atoms with E-state index in [1.165, 1.54) is 32.1 Å². The van der Waals surface area contributed by atoms with Crippen LogP contribution in [0.1, 0.15) is 59.8 Å². The molecule has 84 valence electrons. The van der Waals surface area contributed by atoms with E-state index in [0.717, 1.165) is 5.92 Å². The third-order valence-electron chi connectivity index (χ3n) is 4.73. The predicted octanol–water partition coefficient (Wildman–Crippen LogP) is 4.73. The molecule has 0 N–H and O–H groups in total. The Morgan fingerprint density at radius 3 is 1.93 bits per heavy atom. The minimum absolute atomic E-state index is 0.577. The zero-order chi connectivity index (χ0) is 10.8. The van der Waals surface area contributed by atoms with Crippen molar-refractivity contribution >= 4 is 11.8 Å². The molecule has 0 bridgehead atoms. The highest BCUT2D eigenvalue weighted by Gasteiger charge is 2.40. The van der Waals surface area contributed by atoms with Gasteiger partial charge in [-0.3, -0.25) is 0 Å². The first kappa shape index (κ1) is 12.4. The standard InChI is InChI=1S/C13H26S/c1-6-13(11(2)3)9-7-12(4,14-5)8-10-13/h11H,6-10H2,1-5H3. The van der Waals surface area contributed by atoms with Crippen LogP contribution in [0.5, 0.6) is 0 Å². The Morgan fingerprint density at radius 2 is 1.64 bits per heavy atom. The number of hydrogen-bond donors (Lipinski definition) is 0. The maximum atomic E-state index is 2.44. The van der Waals surface area contributed by atoms with Crippen LogP contribution in [0.4, 0.5) is 0 Å². The highest BCUT2D eigenvalue weighted by molar-refractivity contribution is 7.99. The van der Waals surface area contributed by atoms with Crippen molar-refractivity contribution in [2.24, 2.45) is 11.3 Å². The van der Waals surface area contributed by atoms with E-state index >= 15 is 0 Å². The first-order valence-electron chi connectivity index (χ1n) is 6.03.